The van der Waals surface area contributed by atoms with Gasteiger partial charge in [0.2, 0.25) is 0 Å². The zero-order valence-corrected chi connectivity index (χ0v) is 17.6. The van der Waals surface area contributed by atoms with E-state index in [1.165, 1.54) is 0 Å². The van der Waals surface area contributed by atoms with E-state index in [1.807, 2.05) is 66.7 Å². The number of carbonyl (C=O) groups excluding carboxylic acids is 2. The summed E-state index contributed by atoms with van der Waals surface area (Å²) in [5.41, 5.74) is 0.875. The van der Waals surface area contributed by atoms with Gasteiger partial charge in [0.1, 0.15) is 5.75 Å². The lowest BCUT2D eigenvalue weighted by Crippen LogP contribution is -2.36. The monoisotopic (exact) mass is 421 g/mol. The van der Waals surface area contributed by atoms with Crippen molar-refractivity contribution in [3.05, 3.63) is 66.7 Å². The molecule has 30 heavy (non-hydrogen) atoms. The number of amides is 1. The van der Waals surface area contributed by atoms with Crippen LogP contribution in [-0.4, -0.2) is 36.9 Å². The van der Waals surface area contributed by atoms with Gasteiger partial charge in [0.25, 0.3) is 5.91 Å². The average Bonchev–Trinajstić information content (AvgIpc) is 2.94. The summed E-state index contributed by atoms with van der Waals surface area (Å²) in [6.07, 6.45) is 0.879. The van der Waals surface area contributed by atoms with Crippen molar-refractivity contribution in [1.82, 2.24) is 0 Å². The number of thioether (sulfide) groups is 1. The molecule has 1 aliphatic heterocycles. The second-order valence-electron chi connectivity index (χ2n) is 7.19. The molecule has 5 nitrogen and oxygen atoms in total. The Morgan fingerprint density at radius 3 is 2.63 bits per heavy atom. The van der Waals surface area contributed by atoms with E-state index in [1.54, 1.807) is 16.7 Å². The van der Waals surface area contributed by atoms with Crippen molar-refractivity contribution >= 4 is 40.1 Å². The zero-order valence-electron chi connectivity index (χ0n) is 16.7. The van der Waals surface area contributed by atoms with Crippen molar-refractivity contribution in [3.63, 3.8) is 0 Å². The fourth-order valence-corrected chi connectivity index (χ4v) is 4.52. The fourth-order valence-electron chi connectivity index (χ4n) is 3.41. The van der Waals surface area contributed by atoms with Gasteiger partial charge in [-0.15, -0.1) is 11.8 Å². The first kappa shape index (κ1) is 20.3. The largest absolute Gasteiger partial charge is 0.482 e. The molecule has 0 radical (unpaired) electrons. The Morgan fingerprint density at radius 2 is 1.77 bits per heavy atom. The Kier molecular flexibility index (Phi) is 6.23. The molecule has 1 amide bonds. The summed E-state index contributed by atoms with van der Waals surface area (Å²) in [4.78, 5) is 27.6. The maximum absolute atomic E-state index is 12.7. The molecule has 0 N–H and O–H groups in total. The van der Waals surface area contributed by atoms with Gasteiger partial charge in [0.05, 0.1) is 5.69 Å². The summed E-state index contributed by atoms with van der Waals surface area (Å²) in [6, 6.07) is 21.4. The van der Waals surface area contributed by atoms with Gasteiger partial charge >= 0.3 is 5.97 Å². The van der Waals surface area contributed by atoms with Crippen LogP contribution in [0.15, 0.2) is 71.6 Å². The minimum atomic E-state index is -0.567. The first-order valence-corrected chi connectivity index (χ1v) is 10.8. The van der Waals surface area contributed by atoms with Crippen LogP contribution in [0.25, 0.3) is 10.8 Å². The summed E-state index contributed by atoms with van der Waals surface area (Å²) in [5.74, 6) is -0.206. The standard InChI is InChI=1S/C24H23NO4S/c1-17-12-13-25(21-8-4-5-9-22(21)30-17)23(26)15-29-24(27)16-28-20-11-10-18-6-2-3-7-19(18)14-20/h2-11,14,17H,12-13,15-16H2,1H3/t17-/m0/s1. The van der Waals surface area contributed by atoms with E-state index in [-0.39, 0.29) is 19.1 Å². The average molecular weight is 422 g/mol. The molecule has 1 atom stereocenters. The highest BCUT2D eigenvalue weighted by molar-refractivity contribution is 8.00. The number of anilines is 1. The number of rotatable bonds is 5. The first-order valence-electron chi connectivity index (χ1n) is 9.93. The number of fused-ring (bicyclic) bond motifs is 2. The molecule has 0 saturated heterocycles. The molecule has 0 fully saturated rings. The Labute approximate surface area is 180 Å². The molecule has 3 aromatic rings. The number of para-hydroxylation sites is 1. The molecule has 0 unspecified atom stereocenters. The maximum atomic E-state index is 12.7. The molecule has 154 valence electrons. The molecular weight excluding hydrogens is 398 g/mol. The molecular formula is C24H23NO4S. The van der Waals surface area contributed by atoms with Crippen molar-refractivity contribution in [2.45, 2.75) is 23.5 Å². The minimum Gasteiger partial charge on any atom is -0.482 e. The smallest absolute Gasteiger partial charge is 0.344 e. The molecule has 0 saturated carbocycles. The maximum Gasteiger partial charge on any atom is 0.344 e. The third-order valence-electron chi connectivity index (χ3n) is 4.98. The summed E-state index contributed by atoms with van der Waals surface area (Å²) in [7, 11) is 0. The van der Waals surface area contributed by atoms with Gasteiger partial charge in [-0.25, -0.2) is 4.79 Å². The highest BCUT2D eigenvalue weighted by atomic mass is 32.2. The molecule has 1 aliphatic rings. The topological polar surface area (TPSA) is 55.8 Å². The van der Waals surface area contributed by atoms with Crippen LogP contribution >= 0.6 is 11.8 Å². The quantitative estimate of drug-likeness (QED) is 0.560. The lowest BCUT2D eigenvalue weighted by molar-refractivity contribution is -0.149. The van der Waals surface area contributed by atoms with Crippen LogP contribution in [0, 0.1) is 0 Å². The third kappa shape index (κ3) is 4.76. The highest BCUT2D eigenvalue weighted by Gasteiger charge is 2.24. The molecule has 4 rings (SSSR count). The predicted octanol–water partition coefficient (Wildman–Crippen LogP) is 4.68. The number of hydrogen-bond donors (Lipinski definition) is 0. The van der Waals surface area contributed by atoms with E-state index < -0.39 is 5.97 Å². The Morgan fingerprint density at radius 1 is 1.00 bits per heavy atom. The second-order valence-corrected chi connectivity index (χ2v) is 8.67. The molecule has 0 bridgehead atoms. The van der Waals surface area contributed by atoms with Gasteiger partial charge in [-0.05, 0) is 41.5 Å². The van der Waals surface area contributed by atoms with Crippen LogP contribution in [0.4, 0.5) is 5.69 Å². The lowest BCUT2D eigenvalue weighted by atomic mass is 10.1. The van der Waals surface area contributed by atoms with Gasteiger partial charge < -0.3 is 14.4 Å². The van der Waals surface area contributed by atoms with E-state index in [0.717, 1.165) is 27.8 Å². The van der Waals surface area contributed by atoms with Crippen molar-refractivity contribution in [2.75, 3.05) is 24.7 Å². The molecule has 1 heterocycles. The summed E-state index contributed by atoms with van der Waals surface area (Å²) in [5, 5.41) is 2.55. The second kappa shape index (κ2) is 9.22. The molecule has 0 aliphatic carbocycles. The van der Waals surface area contributed by atoms with Crippen molar-refractivity contribution < 1.29 is 19.1 Å². The number of carbonyl (C=O) groups is 2. The Bertz CT molecular complexity index is 1070. The van der Waals surface area contributed by atoms with Crippen molar-refractivity contribution in [3.8, 4) is 5.75 Å². The highest BCUT2D eigenvalue weighted by Crippen LogP contribution is 2.37. The summed E-state index contributed by atoms with van der Waals surface area (Å²) < 4.78 is 10.7. The van der Waals surface area contributed by atoms with Crippen LogP contribution in [0.3, 0.4) is 0 Å². The number of ether oxygens (including phenoxy) is 2. The van der Waals surface area contributed by atoms with Crippen molar-refractivity contribution in [2.24, 2.45) is 0 Å². The van der Waals surface area contributed by atoms with E-state index in [9.17, 15) is 9.59 Å². The van der Waals surface area contributed by atoms with E-state index in [4.69, 9.17) is 9.47 Å². The Hall–Kier alpha value is -2.99. The first-order chi connectivity index (χ1) is 14.6. The number of benzene rings is 3. The lowest BCUT2D eigenvalue weighted by Gasteiger charge is -2.22. The van der Waals surface area contributed by atoms with Gasteiger partial charge in [-0.1, -0.05) is 49.4 Å². The fraction of sp³-hybridized carbons (Fsp3) is 0.250. The number of hydrogen-bond acceptors (Lipinski definition) is 5. The summed E-state index contributed by atoms with van der Waals surface area (Å²) in [6.45, 7) is 2.22. The van der Waals surface area contributed by atoms with Gasteiger partial charge in [-0.2, -0.15) is 0 Å². The predicted molar refractivity (Wildman–Crippen MR) is 119 cm³/mol. The van der Waals surface area contributed by atoms with E-state index in [0.29, 0.717) is 17.5 Å². The minimum absolute atomic E-state index is 0.226. The van der Waals surface area contributed by atoms with Crippen LogP contribution in [-0.2, 0) is 14.3 Å². The molecule has 0 spiro atoms. The molecule has 3 aromatic carbocycles. The van der Waals surface area contributed by atoms with Crippen LogP contribution < -0.4 is 9.64 Å². The Balaban J connectivity index is 1.32. The molecule has 6 heteroatoms. The van der Waals surface area contributed by atoms with Gasteiger partial charge in [0, 0.05) is 16.7 Å². The number of nitrogens with zero attached hydrogens (tertiary/aromatic N) is 1. The van der Waals surface area contributed by atoms with Crippen LogP contribution in [0.2, 0.25) is 0 Å². The van der Waals surface area contributed by atoms with Crippen LogP contribution in [0.5, 0.6) is 5.75 Å². The third-order valence-corrected chi connectivity index (χ3v) is 6.22. The van der Waals surface area contributed by atoms with Crippen LogP contribution in [0.1, 0.15) is 13.3 Å². The van der Waals surface area contributed by atoms with E-state index in [2.05, 4.69) is 6.92 Å². The van der Waals surface area contributed by atoms with Crippen molar-refractivity contribution in [1.29, 1.82) is 0 Å². The summed E-state index contributed by atoms with van der Waals surface area (Å²) >= 11 is 1.76. The normalized spacial score (nSPS) is 15.9. The molecule has 0 aromatic heterocycles. The zero-order chi connectivity index (χ0) is 20.9. The van der Waals surface area contributed by atoms with E-state index >= 15 is 0 Å². The van der Waals surface area contributed by atoms with Gasteiger partial charge in [-0.3, -0.25) is 4.79 Å². The SMILES string of the molecule is C[C@H]1CCN(C(=O)COC(=O)COc2ccc3ccccc3c2)c2ccccc2S1. The number of esters is 1. The van der Waals surface area contributed by atoms with Gasteiger partial charge in [0.15, 0.2) is 13.2 Å².